The Balaban J connectivity index is 2.57. The third kappa shape index (κ3) is 6.27. The maximum absolute atomic E-state index is 13.2. The number of primary amides is 1. The quantitative estimate of drug-likeness (QED) is 0.663. The maximum Gasteiger partial charge on any atom is 0.407 e. The molecule has 118 valence electrons. The predicted octanol–water partition coefficient (Wildman–Crippen LogP) is 2.19. The van der Waals surface area contributed by atoms with E-state index >= 15 is 0 Å². The number of carbonyl (C=O) groups is 2. The van der Waals surface area contributed by atoms with Gasteiger partial charge in [0.25, 0.3) is 0 Å². The molecule has 5 nitrogen and oxygen atoms in total. The van der Waals surface area contributed by atoms with Gasteiger partial charge in [-0.05, 0) is 39.0 Å². The Kier molecular flexibility index (Phi) is 5.93. The first-order chi connectivity index (χ1) is 10.2. The summed E-state index contributed by atoms with van der Waals surface area (Å²) in [6, 6.07) is 3.59. The first-order valence-corrected chi connectivity index (χ1v) is 6.74. The second-order valence-corrected chi connectivity index (χ2v) is 5.53. The molecule has 22 heavy (non-hydrogen) atoms. The lowest BCUT2D eigenvalue weighted by atomic mass is 10.1. The van der Waals surface area contributed by atoms with Crippen LogP contribution in [0.4, 0.5) is 9.18 Å². The highest BCUT2D eigenvalue weighted by atomic mass is 19.1. The average Bonchev–Trinajstić information content (AvgIpc) is 2.35. The van der Waals surface area contributed by atoms with Crippen molar-refractivity contribution in [1.29, 1.82) is 0 Å². The Morgan fingerprint density at radius 2 is 2.05 bits per heavy atom. The van der Waals surface area contributed by atoms with E-state index in [-0.39, 0.29) is 17.7 Å². The first kappa shape index (κ1) is 17.5. The molecule has 0 aliphatic carbocycles. The van der Waals surface area contributed by atoms with Gasteiger partial charge in [-0.15, -0.1) is 0 Å². The standard InChI is InChI=1S/C16H19FN2O3/c1-16(2,3)22-15(21)19-9-5-4-6-11-10-12(17)7-8-13(11)14(18)20/h7-8,10H,5,9H2,1-3H3,(H2,18,20)(H,19,21). The van der Waals surface area contributed by atoms with Crippen LogP contribution in [-0.4, -0.2) is 24.1 Å². The van der Waals surface area contributed by atoms with E-state index in [0.717, 1.165) is 12.1 Å². The van der Waals surface area contributed by atoms with Gasteiger partial charge in [-0.1, -0.05) is 11.8 Å². The van der Waals surface area contributed by atoms with Crippen LogP contribution in [-0.2, 0) is 4.74 Å². The second-order valence-electron chi connectivity index (χ2n) is 5.53. The van der Waals surface area contributed by atoms with E-state index in [9.17, 15) is 14.0 Å². The summed E-state index contributed by atoms with van der Waals surface area (Å²) in [5.41, 5.74) is 5.02. The van der Waals surface area contributed by atoms with Crippen LogP contribution < -0.4 is 11.1 Å². The summed E-state index contributed by atoms with van der Waals surface area (Å²) >= 11 is 0. The number of nitrogens with two attached hydrogens (primary N) is 1. The summed E-state index contributed by atoms with van der Waals surface area (Å²) in [7, 11) is 0. The smallest absolute Gasteiger partial charge is 0.407 e. The molecule has 1 rings (SSSR count). The van der Waals surface area contributed by atoms with E-state index in [0.29, 0.717) is 6.42 Å². The lowest BCUT2D eigenvalue weighted by Gasteiger charge is -2.19. The molecular weight excluding hydrogens is 287 g/mol. The van der Waals surface area contributed by atoms with E-state index < -0.39 is 23.4 Å². The van der Waals surface area contributed by atoms with Crippen molar-refractivity contribution in [3.05, 3.63) is 35.1 Å². The normalized spacial score (nSPS) is 10.4. The van der Waals surface area contributed by atoms with Gasteiger partial charge in [0.15, 0.2) is 0 Å². The van der Waals surface area contributed by atoms with Gasteiger partial charge >= 0.3 is 6.09 Å². The molecule has 0 unspecified atom stereocenters. The fourth-order valence-electron chi connectivity index (χ4n) is 1.53. The predicted molar refractivity (Wildman–Crippen MR) is 80.6 cm³/mol. The molecule has 0 aliphatic rings. The van der Waals surface area contributed by atoms with Gasteiger partial charge in [0.2, 0.25) is 5.91 Å². The van der Waals surface area contributed by atoms with Crippen LogP contribution in [0, 0.1) is 17.7 Å². The number of halogens is 1. The highest BCUT2D eigenvalue weighted by Crippen LogP contribution is 2.09. The third-order valence-electron chi connectivity index (χ3n) is 2.39. The lowest BCUT2D eigenvalue weighted by molar-refractivity contribution is 0.0529. The van der Waals surface area contributed by atoms with Crippen LogP contribution in [0.2, 0.25) is 0 Å². The molecule has 0 radical (unpaired) electrons. The van der Waals surface area contributed by atoms with Crippen LogP contribution in [0.1, 0.15) is 43.1 Å². The van der Waals surface area contributed by atoms with Crippen LogP contribution in [0.15, 0.2) is 18.2 Å². The first-order valence-electron chi connectivity index (χ1n) is 6.74. The molecule has 0 saturated heterocycles. The summed E-state index contributed by atoms with van der Waals surface area (Å²) in [4.78, 5) is 22.6. The maximum atomic E-state index is 13.2. The SMILES string of the molecule is CC(C)(C)OC(=O)NCCC#Cc1cc(F)ccc1C(N)=O. The molecule has 0 fully saturated rings. The van der Waals surface area contributed by atoms with Gasteiger partial charge in [0.1, 0.15) is 11.4 Å². The number of alkyl carbamates (subject to hydrolysis) is 1. The number of benzene rings is 1. The van der Waals surface area contributed by atoms with Crippen molar-refractivity contribution in [2.75, 3.05) is 6.54 Å². The number of nitrogens with one attached hydrogen (secondary N) is 1. The van der Waals surface area contributed by atoms with Crippen LogP contribution in [0.5, 0.6) is 0 Å². The minimum absolute atomic E-state index is 0.161. The Morgan fingerprint density at radius 1 is 1.36 bits per heavy atom. The van der Waals surface area contributed by atoms with E-state index in [2.05, 4.69) is 17.2 Å². The molecule has 0 spiro atoms. The van der Waals surface area contributed by atoms with Gasteiger partial charge in [0.05, 0.1) is 5.56 Å². The van der Waals surface area contributed by atoms with E-state index in [1.165, 1.54) is 6.07 Å². The average molecular weight is 306 g/mol. The second kappa shape index (κ2) is 7.46. The van der Waals surface area contributed by atoms with E-state index in [4.69, 9.17) is 10.5 Å². The lowest BCUT2D eigenvalue weighted by Crippen LogP contribution is -2.32. The van der Waals surface area contributed by atoms with Crippen molar-refractivity contribution in [2.45, 2.75) is 32.8 Å². The Hall–Kier alpha value is -2.55. The molecule has 1 aromatic rings. The Bertz CT molecular complexity index is 625. The molecule has 2 amide bonds. The van der Waals surface area contributed by atoms with E-state index in [1.807, 2.05) is 0 Å². The molecule has 0 aromatic heterocycles. The molecular formula is C16H19FN2O3. The third-order valence-corrected chi connectivity index (χ3v) is 2.39. The fourth-order valence-corrected chi connectivity index (χ4v) is 1.53. The van der Waals surface area contributed by atoms with E-state index in [1.54, 1.807) is 20.8 Å². The number of carbonyl (C=O) groups excluding carboxylic acids is 2. The number of hydrogen-bond acceptors (Lipinski definition) is 3. The van der Waals surface area contributed by atoms with Crippen molar-refractivity contribution in [3.8, 4) is 11.8 Å². The van der Waals surface area contributed by atoms with Crippen molar-refractivity contribution in [2.24, 2.45) is 5.73 Å². The number of amides is 2. The summed E-state index contributed by atoms with van der Waals surface area (Å²) in [6.45, 7) is 5.58. The monoisotopic (exact) mass is 306 g/mol. The number of hydrogen-bond donors (Lipinski definition) is 2. The van der Waals surface area contributed by atoms with Crippen molar-refractivity contribution in [3.63, 3.8) is 0 Å². The van der Waals surface area contributed by atoms with Gasteiger partial charge in [-0.3, -0.25) is 4.79 Å². The minimum Gasteiger partial charge on any atom is -0.444 e. The van der Waals surface area contributed by atoms with Crippen molar-refractivity contribution in [1.82, 2.24) is 5.32 Å². The molecule has 0 heterocycles. The van der Waals surface area contributed by atoms with Crippen LogP contribution >= 0.6 is 0 Å². The van der Waals surface area contributed by atoms with Crippen molar-refractivity contribution < 1.29 is 18.7 Å². The largest absolute Gasteiger partial charge is 0.444 e. The molecule has 0 saturated carbocycles. The van der Waals surface area contributed by atoms with Gasteiger partial charge < -0.3 is 15.8 Å². The summed E-state index contributed by atoms with van der Waals surface area (Å²) < 4.78 is 18.2. The Labute approximate surface area is 129 Å². The van der Waals surface area contributed by atoms with Crippen molar-refractivity contribution >= 4 is 12.0 Å². The minimum atomic E-state index is -0.670. The zero-order valence-corrected chi connectivity index (χ0v) is 12.8. The molecule has 1 aromatic carbocycles. The molecule has 6 heteroatoms. The van der Waals surface area contributed by atoms with Crippen LogP contribution in [0.3, 0.4) is 0 Å². The van der Waals surface area contributed by atoms with Gasteiger partial charge in [-0.25, -0.2) is 9.18 Å². The molecule has 0 aliphatic heterocycles. The highest BCUT2D eigenvalue weighted by Gasteiger charge is 2.15. The van der Waals surface area contributed by atoms with Gasteiger partial charge in [-0.2, -0.15) is 0 Å². The zero-order valence-electron chi connectivity index (χ0n) is 12.8. The van der Waals surface area contributed by atoms with Gasteiger partial charge in [0, 0.05) is 18.5 Å². The topological polar surface area (TPSA) is 81.4 Å². The summed E-state index contributed by atoms with van der Waals surface area (Å²) in [5.74, 6) is 4.25. The highest BCUT2D eigenvalue weighted by molar-refractivity contribution is 5.95. The molecule has 3 N–H and O–H groups in total. The number of ether oxygens (including phenoxy) is 1. The summed E-state index contributed by atoms with van der Waals surface area (Å²) in [6.07, 6.45) is -0.202. The Morgan fingerprint density at radius 3 is 2.64 bits per heavy atom. The fraction of sp³-hybridized carbons (Fsp3) is 0.375. The summed E-state index contributed by atoms with van der Waals surface area (Å²) in [5, 5.41) is 2.54. The number of rotatable bonds is 3. The van der Waals surface area contributed by atoms with Crippen LogP contribution in [0.25, 0.3) is 0 Å². The zero-order chi connectivity index (χ0) is 16.8. The molecule has 0 bridgehead atoms. The molecule has 0 atom stereocenters.